The van der Waals surface area contributed by atoms with E-state index in [1.54, 1.807) is 0 Å². The van der Waals surface area contributed by atoms with Gasteiger partial charge in [-0.05, 0) is 17.7 Å². The number of halogens is 1. The zero-order valence-electron chi connectivity index (χ0n) is 8.92. The van der Waals surface area contributed by atoms with Crippen LogP contribution in [0.2, 0.25) is 0 Å². The van der Waals surface area contributed by atoms with Crippen LogP contribution in [0.1, 0.15) is 0 Å². The van der Waals surface area contributed by atoms with E-state index in [9.17, 15) is 17.6 Å². The third kappa shape index (κ3) is 2.44. The molecule has 8 heteroatoms. The molecular weight excluding hydrogens is 261 g/mol. The number of benzene rings is 1. The molecule has 1 heterocycles. The molecule has 0 bridgehead atoms. The minimum atomic E-state index is -4.10. The summed E-state index contributed by atoms with van der Waals surface area (Å²) in [6.45, 7) is 0. The van der Waals surface area contributed by atoms with Crippen LogP contribution in [0.15, 0.2) is 40.2 Å². The number of hydrogen-bond donors (Lipinski definition) is 2. The molecule has 0 amide bonds. The summed E-state index contributed by atoms with van der Waals surface area (Å²) < 4.78 is 35.6. The molecule has 18 heavy (non-hydrogen) atoms. The second-order valence-corrected chi connectivity index (χ2v) is 5.05. The van der Waals surface area contributed by atoms with E-state index in [-0.39, 0.29) is 0 Å². The molecule has 0 aliphatic carbocycles. The molecule has 0 unspecified atom stereocenters. The van der Waals surface area contributed by atoms with Crippen molar-refractivity contribution in [1.29, 1.82) is 0 Å². The number of H-pyrrole nitrogens is 1. The Labute approximate surface area is 101 Å². The molecule has 1 aromatic heterocycles. The molecule has 2 rings (SSSR count). The van der Waals surface area contributed by atoms with Crippen LogP contribution in [0.25, 0.3) is 11.1 Å². The van der Waals surface area contributed by atoms with E-state index < -0.39 is 26.3 Å². The van der Waals surface area contributed by atoms with E-state index in [2.05, 4.69) is 10.2 Å². The van der Waals surface area contributed by atoms with E-state index in [0.29, 0.717) is 11.1 Å². The summed E-state index contributed by atoms with van der Waals surface area (Å²) >= 11 is 0. The zero-order chi connectivity index (χ0) is 13.3. The van der Waals surface area contributed by atoms with Gasteiger partial charge in [0.2, 0.25) is 10.0 Å². The van der Waals surface area contributed by atoms with Gasteiger partial charge >= 0.3 is 0 Å². The number of nitrogens with one attached hydrogen (secondary N) is 1. The molecule has 2 aromatic rings. The normalized spacial score (nSPS) is 11.4. The first-order chi connectivity index (χ1) is 8.38. The summed E-state index contributed by atoms with van der Waals surface area (Å²) in [4.78, 5) is 10.5. The Kier molecular flexibility index (Phi) is 2.97. The van der Waals surface area contributed by atoms with Crippen molar-refractivity contribution < 1.29 is 12.8 Å². The first kappa shape index (κ1) is 12.4. The van der Waals surface area contributed by atoms with Crippen molar-refractivity contribution in [3.05, 3.63) is 46.6 Å². The number of aromatic amines is 1. The molecule has 0 radical (unpaired) electrons. The fourth-order valence-electron chi connectivity index (χ4n) is 1.45. The van der Waals surface area contributed by atoms with Crippen LogP contribution in [0.3, 0.4) is 0 Å². The molecule has 0 atom stereocenters. The van der Waals surface area contributed by atoms with Crippen molar-refractivity contribution in [2.45, 2.75) is 4.90 Å². The highest BCUT2D eigenvalue weighted by Gasteiger charge is 2.14. The standard InChI is InChI=1S/C10H8FN3O3S/c11-8-3-6(1-2-9(8)18(12,16)17)7-4-10(15)14-13-5-7/h1-5H,(H,14,15)(H2,12,16,17). The fraction of sp³-hybridized carbons (Fsp3) is 0. The van der Waals surface area contributed by atoms with Gasteiger partial charge in [0.1, 0.15) is 10.7 Å². The van der Waals surface area contributed by atoms with Crippen molar-refractivity contribution in [3.8, 4) is 11.1 Å². The van der Waals surface area contributed by atoms with E-state index in [0.717, 1.165) is 12.1 Å². The molecule has 0 spiro atoms. The van der Waals surface area contributed by atoms with Gasteiger partial charge in [0.25, 0.3) is 5.56 Å². The molecule has 0 aliphatic rings. The average molecular weight is 269 g/mol. The SMILES string of the molecule is NS(=O)(=O)c1ccc(-c2cn[nH]c(=O)c2)cc1F. The molecule has 0 saturated heterocycles. The van der Waals surface area contributed by atoms with E-state index >= 15 is 0 Å². The second kappa shape index (κ2) is 4.31. The summed E-state index contributed by atoms with van der Waals surface area (Å²) in [5, 5.41) is 10.6. The Bertz CT molecular complexity index is 755. The summed E-state index contributed by atoms with van der Waals surface area (Å²) in [5.74, 6) is -0.977. The lowest BCUT2D eigenvalue weighted by atomic mass is 10.1. The van der Waals surface area contributed by atoms with Gasteiger partial charge in [-0.2, -0.15) is 5.10 Å². The maximum atomic E-state index is 13.6. The number of aromatic nitrogens is 2. The lowest BCUT2D eigenvalue weighted by Crippen LogP contribution is -2.14. The van der Waals surface area contributed by atoms with Gasteiger partial charge in [-0.3, -0.25) is 4.79 Å². The van der Waals surface area contributed by atoms with Crippen LogP contribution in [0.5, 0.6) is 0 Å². The Balaban J connectivity index is 2.57. The second-order valence-electron chi connectivity index (χ2n) is 3.52. The number of nitrogens with zero attached hydrogens (tertiary/aromatic N) is 1. The van der Waals surface area contributed by atoms with E-state index in [1.807, 2.05) is 0 Å². The lowest BCUT2D eigenvalue weighted by molar-refractivity contribution is 0.568. The van der Waals surface area contributed by atoms with Crippen LogP contribution >= 0.6 is 0 Å². The monoisotopic (exact) mass is 269 g/mol. The van der Waals surface area contributed by atoms with E-state index in [4.69, 9.17) is 5.14 Å². The Morgan fingerprint density at radius 3 is 2.50 bits per heavy atom. The number of rotatable bonds is 2. The fourth-order valence-corrected chi connectivity index (χ4v) is 2.03. The molecular formula is C10H8FN3O3S. The Hall–Kier alpha value is -2.06. The summed E-state index contributed by atoms with van der Waals surface area (Å²) in [7, 11) is -4.10. The van der Waals surface area contributed by atoms with Crippen molar-refractivity contribution in [2.24, 2.45) is 5.14 Å². The van der Waals surface area contributed by atoms with Crippen molar-refractivity contribution in [1.82, 2.24) is 10.2 Å². The van der Waals surface area contributed by atoms with Crippen molar-refractivity contribution in [2.75, 3.05) is 0 Å². The summed E-state index contributed by atoms with van der Waals surface area (Å²) in [6.07, 6.45) is 1.33. The molecule has 0 fully saturated rings. The molecule has 1 aromatic carbocycles. The maximum Gasteiger partial charge on any atom is 0.264 e. The number of sulfonamides is 1. The van der Waals surface area contributed by atoms with Gasteiger partial charge < -0.3 is 0 Å². The third-order valence-electron chi connectivity index (χ3n) is 2.24. The molecule has 6 nitrogen and oxygen atoms in total. The predicted octanol–water partition coefficient (Wildman–Crippen LogP) is 0.223. The predicted molar refractivity (Wildman–Crippen MR) is 61.6 cm³/mol. The Morgan fingerprint density at radius 2 is 1.94 bits per heavy atom. The quantitative estimate of drug-likeness (QED) is 0.813. The molecule has 0 saturated carbocycles. The minimum absolute atomic E-state index is 0.332. The highest BCUT2D eigenvalue weighted by molar-refractivity contribution is 7.89. The highest BCUT2D eigenvalue weighted by atomic mass is 32.2. The highest BCUT2D eigenvalue weighted by Crippen LogP contribution is 2.21. The third-order valence-corrected chi connectivity index (χ3v) is 3.18. The average Bonchev–Trinajstić information content (AvgIpc) is 2.27. The van der Waals surface area contributed by atoms with Crippen molar-refractivity contribution >= 4 is 10.0 Å². The van der Waals surface area contributed by atoms with Crippen LogP contribution in [-0.2, 0) is 10.0 Å². The zero-order valence-corrected chi connectivity index (χ0v) is 9.74. The topological polar surface area (TPSA) is 106 Å². The number of hydrogen-bond acceptors (Lipinski definition) is 4. The molecule has 3 N–H and O–H groups in total. The van der Waals surface area contributed by atoms with Gasteiger partial charge in [-0.1, -0.05) is 6.07 Å². The Morgan fingerprint density at radius 1 is 1.22 bits per heavy atom. The maximum absolute atomic E-state index is 13.6. The summed E-state index contributed by atoms with van der Waals surface area (Å²) in [5.41, 5.74) is 0.264. The summed E-state index contributed by atoms with van der Waals surface area (Å²) in [6, 6.07) is 4.59. The number of primary sulfonamides is 1. The van der Waals surface area contributed by atoms with Gasteiger partial charge in [-0.25, -0.2) is 23.0 Å². The van der Waals surface area contributed by atoms with E-state index in [1.165, 1.54) is 18.3 Å². The first-order valence-corrected chi connectivity index (χ1v) is 6.30. The molecule has 0 aliphatic heterocycles. The van der Waals surface area contributed by atoms with Crippen LogP contribution < -0.4 is 10.7 Å². The largest absolute Gasteiger partial charge is 0.268 e. The van der Waals surface area contributed by atoms with Gasteiger partial charge in [-0.15, -0.1) is 0 Å². The smallest absolute Gasteiger partial charge is 0.264 e. The first-order valence-electron chi connectivity index (χ1n) is 4.75. The van der Waals surface area contributed by atoms with Gasteiger partial charge in [0.05, 0.1) is 6.20 Å². The van der Waals surface area contributed by atoms with Crippen LogP contribution in [0, 0.1) is 5.82 Å². The van der Waals surface area contributed by atoms with Gasteiger partial charge in [0.15, 0.2) is 0 Å². The van der Waals surface area contributed by atoms with Crippen molar-refractivity contribution in [3.63, 3.8) is 0 Å². The lowest BCUT2D eigenvalue weighted by Gasteiger charge is -2.04. The van der Waals surface area contributed by atoms with Crippen LogP contribution in [0.4, 0.5) is 4.39 Å². The van der Waals surface area contributed by atoms with Crippen LogP contribution in [-0.4, -0.2) is 18.6 Å². The van der Waals surface area contributed by atoms with Gasteiger partial charge in [0, 0.05) is 11.6 Å². The molecule has 94 valence electrons. The minimum Gasteiger partial charge on any atom is -0.268 e. The number of nitrogens with two attached hydrogens (primary N) is 1.